The molecule has 0 saturated carbocycles. The number of fused-ring (bicyclic) bond motifs is 1. The highest BCUT2D eigenvalue weighted by Crippen LogP contribution is 2.50. The van der Waals surface area contributed by atoms with E-state index in [4.69, 9.17) is 0 Å². The van der Waals surface area contributed by atoms with Crippen molar-refractivity contribution >= 4 is 32.4 Å². The van der Waals surface area contributed by atoms with E-state index in [0.717, 1.165) is 5.92 Å². The van der Waals surface area contributed by atoms with Crippen molar-refractivity contribution in [1.29, 1.82) is 0 Å². The summed E-state index contributed by atoms with van der Waals surface area (Å²) in [7, 11) is 3.21. The van der Waals surface area contributed by atoms with Crippen molar-refractivity contribution in [2.75, 3.05) is 5.75 Å². The smallest absolute Gasteiger partial charge is 0.0944 e. The molecule has 2 rings (SSSR count). The van der Waals surface area contributed by atoms with Gasteiger partial charge in [0, 0.05) is 21.8 Å². The molecule has 2 heterocycles. The first-order chi connectivity index (χ1) is 4.79. The molecule has 0 amide bonds. The fraction of sp³-hybridized carbons (Fsp3) is 1.00. The Labute approximate surface area is 71.6 Å². The Morgan fingerprint density at radius 2 is 2.40 bits per heavy atom. The van der Waals surface area contributed by atoms with Crippen LogP contribution in [0.2, 0.25) is 0 Å². The lowest BCUT2D eigenvalue weighted by atomic mass is 10.1. The molecule has 10 heavy (non-hydrogen) atoms. The molecule has 4 atom stereocenters. The van der Waals surface area contributed by atoms with Gasteiger partial charge in [-0.05, 0) is 12.3 Å². The van der Waals surface area contributed by atoms with Gasteiger partial charge in [0.05, 0.1) is 4.58 Å². The first kappa shape index (κ1) is 7.50. The fourth-order valence-electron chi connectivity index (χ4n) is 1.51. The van der Waals surface area contributed by atoms with Crippen LogP contribution in [0.3, 0.4) is 0 Å². The minimum atomic E-state index is -0.531. The Hall–Kier alpha value is 0.850. The monoisotopic (exact) mass is 194 g/mol. The van der Waals surface area contributed by atoms with Crippen molar-refractivity contribution < 1.29 is 4.21 Å². The van der Waals surface area contributed by atoms with Crippen LogP contribution in [0.1, 0.15) is 13.3 Å². The summed E-state index contributed by atoms with van der Waals surface area (Å²) in [5.41, 5.74) is 0. The van der Waals surface area contributed by atoms with E-state index in [2.05, 4.69) is 6.92 Å². The lowest BCUT2D eigenvalue weighted by Crippen LogP contribution is -2.10. The van der Waals surface area contributed by atoms with Gasteiger partial charge in [0.15, 0.2) is 0 Å². The van der Waals surface area contributed by atoms with Gasteiger partial charge in [0.1, 0.15) is 0 Å². The molecule has 4 heteroatoms. The van der Waals surface area contributed by atoms with E-state index in [0.29, 0.717) is 9.83 Å². The molecule has 0 radical (unpaired) electrons. The van der Waals surface area contributed by atoms with Gasteiger partial charge in [-0.3, -0.25) is 4.21 Å². The third-order valence-corrected chi connectivity index (χ3v) is 7.86. The van der Waals surface area contributed by atoms with Crippen LogP contribution in [-0.4, -0.2) is 19.8 Å². The average molecular weight is 194 g/mol. The van der Waals surface area contributed by atoms with E-state index < -0.39 is 10.8 Å². The maximum absolute atomic E-state index is 11.5. The second-order valence-corrected chi connectivity index (χ2v) is 7.71. The van der Waals surface area contributed by atoms with Gasteiger partial charge in [-0.25, -0.2) is 0 Å². The lowest BCUT2D eigenvalue weighted by molar-refractivity contribution is 0.626. The average Bonchev–Trinajstić information content (AvgIpc) is 2.41. The predicted octanol–water partition coefficient (Wildman–Crippen LogP) is 1.86. The highest BCUT2D eigenvalue weighted by atomic mass is 33.1. The second-order valence-electron chi connectivity index (χ2n) is 2.88. The second kappa shape index (κ2) is 2.72. The van der Waals surface area contributed by atoms with Crippen LogP contribution in [0.5, 0.6) is 0 Å². The van der Waals surface area contributed by atoms with Crippen LogP contribution in [0.25, 0.3) is 0 Å². The summed E-state index contributed by atoms with van der Waals surface area (Å²) in [4.78, 5) is 0. The fourth-order valence-corrected chi connectivity index (χ4v) is 8.02. The minimum absolute atomic E-state index is 0.461. The Bertz CT molecular complexity index is 170. The van der Waals surface area contributed by atoms with Gasteiger partial charge in [0.25, 0.3) is 0 Å². The van der Waals surface area contributed by atoms with Gasteiger partial charge in [-0.15, -0.1) is 0 Å². The molecule has 0 aromatic rings. The number of hydrogen-bond donors (Lipinski definition) is 0. The molecule has 2 fully saturated rings. The summed E-state index contributed by atoms with van der Waals surface area (Å²) in [6.45, 7) is 2.11. The van der Waals surface area contributed by atoms with Crippen molar-refractivity contribution in [3.05, 3.63) is 0 Å². The summed E-state index contributed by atoms with van der Waals surface area (Å²) in [6, 6.07) is 0. The van der Waals surface area contributed by atoms with Crippen LogP contribution < -0.4 is 0 Å². The molecule has 0 aromatic heterocycles. The summed E-state index contributed by atoms with van der Waals surface area (Å²) in [5, 5.41) is 0.461. The molecule has 1 nitrogen and oxygen atoms in total. The molecule has 2 aliphatic heterocycles. The standard InChI is InChI=1S/C6H10OS3/c1-4-2-5-3-8-9-6(5)10(4)7/h4-6H,2-3H2,1H3/t4?,5-,6-,10-/m1/s1. The summed E-state index contributed by atoms with van der Waals surface area (Å²) < 4.78 is 11.9. The van der Waals surface area contributed by atoms with Crippen molar-refractivity contribution in [3.8, 4) is 0 Å². The summed E-state index contributed by atoms with van der Waals surface area (Å²) in [5.74, 6) is 1.98. The van der Waals surface area contributed by atoms with Crippen molar-refractivity contribution in [1.82, 2.24) is 0 Å². The van der Waals surface area contributed by atoms with E-state index in [1.807, 2.05) is 21.6 Å². The van der Waals surface area contributed by atoms with Crippen molar-refractivity contribution in [2.45, 2.75) is 23.2 Å². The molecule has 58 valence electrons. The molecule has 0 N–H and O–H groups in total. The maximum Gasteiger partial charge on any atom is 0.0944 e. The van der Waals surface area contributed by atoms with E-state index in [1.165, 1.54) is 12.2 Å². The van der Waals surface area contributed by atoms with Crippen LogP contribution in [-0.2, 0) is 10.8 Å². The highest BCUT2D eigenvalue weighted by molar-refractivity contribution is 8.78. The summed E-state index contributed by atoms with van der Waals surface area (Å²) in [6.07, 6.45) is 1.19. The Morgan fingerprint density at radius 1 is 1.60 bits per heavy atom. The zero-order valence-corrected chi connectivity index (χ0v) is 8.23. The molecule has 0 aliphatic carbocycles. The van der Waals surface area contributed by atoms with E-state index in [1.54, 1.807) is 0 Å². The van der Waals surface area contributed by atoms with Gasteiger partial charge in [-0.1, -0.05) is 28.5 Å². The van der Waals surface area contributed by atoms with Crippen LogP contribution in [0, 0.1) is 5.92 Å². The molecule has 2 saturated heterocycles. The quantitative estimate of drug-likeness (QED) is 0.548. The summed E-state index contributed by atoms with van der Waals surface area (Å²) >= 11 is 0. The van der Waals surface area contributed by atoms with Crippen LogP contribution in [0.4, 0.5) is 0 Å². The Balaban J connectivity index is 2.17. The van der Waals surface area contributed by atoms with Crippen LogP contribution >= 0.6 is 21.6 Å². The van der Waals surface area contributed by atoms with Crippen molar-refractivity contribution in [2.24, 2.45) is 5.92 Å². The molecular weight excluding hydrogens is 184 g/mol. The van der Waals surface area contributed by atoms with E-state index in [-0.39, 0.29) is 0 Å². The molecule has 0 aromatic carbocycles. The molecule has 1 unspecified atom stereocenters. The van der Waals surface area contributed by atoms with Gasteiger partial charge < -0.3 is 0 Å². The maximum atomic E-state index is 11.5. The van der Waals surface area contributed by atoms with Crippen molar-refractivity contribution in [3.63, 3.8) is 0 Å². The Morgan fingerprint density at radius 3 is 3.10 bits per heavy atom. The first-order valence-electron chi connectivity index (χ1n) is 3.46. The van der Waals surface area contributed by atoms with Crippen LogP contribution in [0.15, 0.2) is 0 Å². The highest BCUT2D eigenvalue weighted by Gasteiger charge is 2.42. The largest absolute Gasteiger partial charge is 0.258 e. The molecule has 2 aliphatic rings. The predicted molar refractivity (Wildman–Crippen MR) is 49.5 cm³/mol. The van der Waals surface area contributed by atoms with Gasteiger partial charge in [0.2, 0.25) is 0 Å². The molecular formula is C6H10OS3. The zero-order chi connectivity index (χ0) is 7.14. The molecule has 0 spiro atoms. The van der Waals surface area contributed by atoms with Gasteiger partial charge in [-0.2, -0.15) is 0 Å². The van der Waals surface area contributed by atoms with E-state index >= 15 is 0 Å². The third-order valence-electron chi connectivity index (χ3n) is 2.09. The lowest BCUT2D eigenvalue weighted by Gasteiger charge is -2.02. The normalized spacial score (nSPS) is 53.3. The third kappa shape index (κ3) is 1.04. The number of hydrogen-bond acceptors (Lipinski definition) is 3. The first-order valence-corrected chi connectivity index (χ1v) is 7.12. The molecule has 0 bridgehead atoms. The minimum Gasteiger partial charge on any atom is -0.258 e. The van der Waals surface area contributed by atoms with E-state index in [9.17, 15) is 4.21 Å². The Kier molecular flexibility index (Phi) is 2.04. The van der Waals surface area contributed by atoms with Gasteiger partial charge >= 0.3 is 0 Å². The SMILES string of the molecule is CC1C[C@@H]2CSS[C@@H]2[S@@]1=O. The number of rotatable bonds is 0. The topological polar surface area (TPSA) is 17.1 Å². The zero-order valence-electron chi connectivity index (χ0n) is 5.78.